The number of aromatic nitrogens is 1. The molecule has 0 amide bonds. The number of rotatable bonds is 4. The number of carboxylic acid groups (broad SMARTS) is 1. The quantitative estimate of drug-likeness (QED) is 0.868. The van der Waals surface area contributed by atoms with E-state index in [4.69, 9.17) is 15.6 Å². The van der Waals surface area contributed by atoms with Crippen LogP contribution in [0.15, 0.2) is 34.9 Å². The minimum absolute atomic E-state index is 0.0248. The van der Waals surface area contributed by atoms with Crippen LogP contribution >= 0.6 is 15.9 Å². The first-order chi connectivity index (χ1) is 9.88. The molecule has 0 aliphatic carbocycles. The number of nitrogen functional groups attached to an aromatic ring is 1. The van der Waals surface area contributed by atoms with Crippen LogP contribution in [0.2, 0.25) is 0 Å². The van der Waals surface area contributed by atoms with Crippen LogP contribution in [0.3, 0.4) is 0 Å². The Bertz CT molecular complexity index is 687. The van der Waals surface area contributed by atoms with Crippen molar-refractivity contribution in [3.05, 3.63) is 46.1 Å². The summed E-state index contributed by atoms with van der Waals surface area (Å²) in [6, 6.07) is 6.97. The molecule has 2 rings (SSSR count). The zero-order chi connectivity index (χ0) is 15.6. The number of halogens is 1. The molecule has 6 heteroatoms. The third-order valence-corrected chi connectivity index (χ3v) is 3.44. The highest BCUT2D eigenvalue weighted by molar-refractivity contribution is 9.10. The van der Waals surface area contributed by atoms with E-state index in [9.17, 15) is 4.79 Å². The second-order valence-electron chi connectivity index (χ2n) is 4.85. The molecule has 0 saturated carbocycles. The summed E-state index contributed by atoms with van der Waals surface area (Å²) < 4.78 is 6.67. The highest BCUT2D eigenvalue weighted by atomic mass is 79.9. The molecule has 2 aromatic rings. The smallest absolute Gasteiger partial charge is 0.338 e. The van der Waals surface area contributed by atoms with Gasteiger partial charge in [-0.05, 0) is 29.7 Å². The fraction of sp³-hybridized carbons (Fsp3) is 0.200. The van der Waals surface area contributed by atoms with Crippen LogP contribution in [0.1, 0.15) is 35.7 Å². The van der Waals surface area contributed by atoms with E-state index < -0.39 is 5.97 Å². The predicted molar refractivity (Wildman–Crippen MR) is 83.9 cm³/mol. The average Bonchev–Trinajstić information content (AvgIpc) is 2.42. The standard InChI is InChI=1S/C15H15BrN2O3/c1-8(2)10-5-9(16)3-4-13(10)21-14-6-11(15(19)20)12(17)7-18-14/h3-8H,17H2,1-2H3,(H,19,20). The molecule has 0 aliphatic rings. The van der Waals surface area contributed by atoms with E-state index in [0.29, 0.717) is 5.75 Å². The van der Waals surface area contributed by atoms with Crippen molar-refractivity contribution >= 4 is 27.6 Å². The van der Waals surface area contributed by atoms with Crippen LogP contribution in [-0.2, 0) is 0 Å². The van der Waals surface area contributed by atoms with E-state index in [-0.39, 0.29) is 23.0 Å². The summed E-state index contributed by atoms with van der Waals surface area (Å²) in [7, 11) is 0. The summed E-state index contributed by atoms with van der Waals surface area (Å²) in [6.07, 6.45) is 1.28. The Balaban J connectivity index is 2.39. The summed E-state index contributed by atoms with van der Waals surface area (Å²) in [5, 5.41) is 9.07. The summed E-state index contributed by atoms with van der Waals surface area (Å²) in [6.45, 7) is 4.10. The fourth-order valence-corrected chi connectivity index (χ4v) is 2.24. The number of nitrogens with zero attached hydrogens (tertiary/aromatic N) is 1. The minimum atomic E-state index is -1.11. The Labute approximate surface area is 130 Å². The van der Waals surface area contributed by atoms with Gasteiger partial charge < -0.3 is 15.6 Å². The summed E-state index contributed by atoms with van der Waals surface area (Å²) >= 11 is 3.42. The van der Waals surface area contributed by atoms with Crippen LogP contribution < -0.4 is 10.5 Å². The molecule has 3 N–H and O–H groups in total. The van der Waals surface area contributed by atoms with E-state index in [1.807, 2.05) is 32.0 Å². The van der Waals surface area contributed by atoms with Gasteiger partial charge in [0, 0.05) is 10.5 Å². The van der Waals surface area contributed by atoms with E-state index in [2.05, 4.69) is 20.9 Å². The van der Waals surface area contributed by atoms with Crippen LogP contribution in [0, 0.1) is 0 Å². The molecule has 0 saturated heterocycles. The molecule has 0 radical (unpaired) electrons. The van der Waals surface area contributed by atoms with Crippen molar-refractivity contribution in [1.82, 2.24) is 4.98 Å². The number of carbonyl (C=O) groups is 1. The maximum atomic E-state index is 11.1. The molecule has 110 valence electrons. The number of hydrogen-bond acceptors (Lipinski definition) is 4. The fourth-order valence-electron chi connectivity index (χ4n) is 1.86. The predicted octanol–water partition coefficient (Wildman–Crippen LogP) is 4.04. The van der Waals surface area contributed by atoms with Gasteiger partial charge in [-0.1, -0.05) is 29.8 Å². The van der Waals surface area contributed by atoms with E-state index in [1.54, 1.807) is 0 Å². The average molecular weight is 351 g/mol. The first kappa shape index (κ1) is 15.3. The number of nitrogens with two attached hydrogens (primary N) is 1. The monoisotopic (exact) mass is 350 g/mol. The zero-order valence-electron chi connectivity index (χ0n) is 11.6. The van der Waals surface area contributed by atoms with Crippen molar-refractivity contribution in [1.29, 1.82) is 0 Å². The van der Waals surface area contributed by atoms with Crippen LogP contribution in [-0.4, -0.2) is 16.1 Å². The lowest BCUT2D eigenvalue weighted by atomic mass is 10.0. The van der Waals surface area contributed by atoms with Gasteiger partial charge in [-0.3, -0.25) is 0 Å². The van der Waals surface area contributed by atoms with Crippen LogP contribution in [0.5, 0.6) is 11.6 Å². The summed E-state index contributed by atoms with van der Waals surface area (Å²) in [5.41, 5.74) is 6.66. The maximum Gasteiger partial charge on any atom is 0.338 e. The summed E-state index contributed by atoms with van der Waals surface area (Å²) in [4.78, 5) is 15.1. The van der Waals surface area contributed by atoms with Gasteiger partial charge in [-0.25, -0.2) is 9.78 Å². The molecular formula is C15H15BrN2O3. The van der Waals surface area contributed by atoms with E-state index >= 15 is 0 Å². The van der Waals surface area contributed by atoms with Crippen molar-refractivity contribution < 1.29 is 14.6 Å². The molecule has 0 fully saturated rings. The molecule has 5 nitrogen and oxygen atoms in total. The van der Waals surface area contributed by atoms with Gasteiger partial charge in [0.05, 0.1) is 17.4 Å². The van der Waals surface area contributed by atoms with Gasteiger partial charge in [0.2, 0.25) is 5.88 Å². The first-order valence-electron chi connectivity index (χ1n) is 6.34. The molecule has 1 heterocycles. The minimum Gasteiger partial charge on any atom is -0.478 e. The van der Waals surface area contributed by atoms with Crippen LogP contribution in [0.25, 0.3) is 0 Å². The lowest BCUT2D eigenvalue weighted by Crippen LogP contribution is -2.04. The van der Waals surface area contributed by atoms with Crippen molar-refractivity contribution in [2.75, 3.05) is 5.73 Å². The lowest BCUT2D eigenvalue weighted by molar-refractivity contribution is 0.0697. The number of carboxylic acids is 1. The Kier molecular flexibility index (Phi) is 4.47. The van der Waals surface area contributed by atoms with Gasteiger partial charge in [0.25, 0.3) is 0 Å². The molecule has 0 bridgehead atoms. The molecule has 0 atom stereocenters. The van der Waals surface area contributed by atoms with Crippen molar-refractivity contribution in [2.45, 2.75) is 19.8 Å². The van der Waals surface area contributed by atoms with Gasteiger partial charge >= 0.3 is 5.97 Å². The normalized spacial score (nSPS) is 10.7. The number of aromatic carboxylic acids is 1. The van der Waals surface area contributed by atoms with Crippen LogP contribution in [0.4, 0.5) is 5.69 Å². The van der Waals surface area contributed by atoms with Gasteiger partial charge in [0.15, 0.2) is 0 Å². The molecule has 21 heavy (non-hydrogen) atoms. The number of anilines is 1. The highest BCUT2D eigenvalue weighted by Crippen LogP contribution is 2.32. The third-order valence-electron chi connectivity index (χ3n) is 2.95. The Morgan fingerprint density at radius 3 is 2.71 bits per heavy atom. The Hall–Kier alpha value is -2.08. The van der Waals surface area contributed by atoms with Crippen molar-refractivity contribution in [3.63, 3.8) is 0 Å². The van der Waals surface area contributed by atoms with Gasteiger partial charge in [-0.15, -0.1) is 0 Å². The number of benzene rings is 1. The molecule has 1 aromatic heterocycles. The topological polar surface area (TPSA) is 85.4 Å². The molecule has 0 unspecified atom stereocenters. The molecular weight excluding hydrogens is 336 g/mol. The van der Waals surface area contributed by atoms with Crippen molar-refractivity contribution in [3.8, 4) is 11.6 Å². The number of ether oxygens (including phenoxy) is 1. The molecule has 0 aliphatic heterocycles. The second-order valence-corrected chi connectivity index (χ2v) is 5.77. The SMILES string of the molecule is CC(C)c1cc(Br)ccc1Oc1cc(C(=O)O)c(N)cn1. The van der Waals surface area contributed by atoms with E-state index in [1.165, 1.54) is 12.3 Å². The van der Waals surface area contributed by atoms with Crippen molar-refractivity contribution in [2.24, 2.45) is 0 Å². The van der Waals surface area contributed by atoms with Gasteiger partial charge in [-0.2, -0.15) is 0 Å². The first-order valence-corrected chi connectivity index (χ1v) is 7.14. The summed E-state index contributed by atoms with van der Waals surface area (Å²) in [5.74, 6) is -0.0162. The Morgan fingerprint density at radius 1 is 1.38 bits per heavy atom. The maximum absolute atomic E-state index is 11.1. The largest absolute Gasteiger partial charge is 0.478 e. The zero-order valence-corrected chi connectivity index (χ0v) is 13.2. The molecule has 0 spiro atoms. The molecule has 1 aromatic carbocycles. The number of pyridine rings is 1. The second kappa shape index (κ2) is 6.13. The van der Waals surface area contributed by atoms with Gasteiger partial charge in [0.1, 0.15) is 5.75 Å². The lowest BCUT2D eigenvalue weighted by Gasteiger charge is -2.14. The van der Waals surface area contributed by atoms with E-state index in [0.717, 1.165) is 10.0 Å². The Morgan fingerprint density at radius 2 is 2.10 bits per heavy atom. The highest BCUT2D eigenvalue weighted by Gasteiger charge is 2.13. The number of hydrogen-bond donors (Lipinski definition) is 2. The third kappa shape index (κ3) is 3.52.